The maximum atomic E-state index is 12.5. The van der Waals surface area contributed by atoms with Gasteiger partial charge in [0.2, 0.25) is 0 Å². The van der Waals surface area contributed by atoms with Crippen molar-refractivity contribution in [1.29, 1.82) is 0 Å². The molecular weight excluding hydrogens is 317 g/mol. The van der Waals surface area contributed by atoms with Crippen molar-refractivity contribution in [3.05, 3.63) is 34.8 Å². The Labute approximate surface area is 128 Å². The molecule has 1 aliphatic heterocycles. The topological polar surface area (TPSA) is 43.4 Å². The van der Waals surface area contributed by atoms with Crippen molar-refractivity contribution in [3.8, 4) is 11.5 Å². The highest BCUT2D eigenvalue weighted by Gasteiger charge is 2.33. The van der Waals surface area contributed by atoms with E-state index in [1.807, 2.05) is 12.1 Å². The number of hydrogen-bond donors (Lipinski definition) is 1. The van der Waals surface area contributed by atoms with Gasteiger partial charge in [-0.25, -0.2) is 4.98 Å². The lowest BCUT2D eigenvalue weighted by Crippen LogP contribution is -2.01. The number of fused-ring (bicyclic) bond motifs is 1. The lowest BCUT2D eigenvalue weighted by Gasteiger charge is -2.09. The van der Waals surface area contributed by atoms with E-state index in [0.717, 1.165) is 18.2 Å². The van der Waals surface area contributed by atoms with Crippen molar-refractivity contribution in [2.75, 3.05) is 18.5 Å². The molecule has 0 spiro atoms. The molecule has 1 N–H and O–H groups in total. The molecule has 0 unspecified atom stereocenters. The first-order valence-corrected chi connectivity index (χ1v) is 7.49. The number of aromatic nitrogens is 1. The maximum Gasteiger partial charge on any atom is 0.427 e. The number of anilines is 1. The summed E-state index contributed by atoms with van der Waals surface area (Å²) < 4.78 is 48.6. The second-order valence-electron chi connectivity index (χ2n) is 4.71. The Hall–Kier alpha value is -1.96. The first kappa shape index (κ1) is 15.0. The van der Waals surface area contributed by atoms with Crippen LogP contribution in [0.15, 0.2) is 24.4 Å². The molecule has 0 fully saturated rings. The highest BCUT2D eigenvalue weighted by atomic mass is 32.1. The highest BCUT2D eigenvalue weighted by Crippen LogP contribution is 2.35. The number of nitrogens with one attached hydrogen (secondary N) is 1. The molecule has 118 valence electrons. The van der Waals surface area contributed by atoms with Crippen LogP contribution in [0.5, 0.6) is 11.5 Å². The molecule has 0 saturated heterocycles. The fourth-order valence-corrected chi connectivity index (χ4v) is 2.66. The second-order valence-corrected chi connectivity index (χ2v) is 5.74. The Kier molecular flexibility index (Phi) is 4.10. The Balaban J connectivity index is 1.66. The first-order valence-electron chi connectivity index (χ1n) is 6.68. The Morgan fingerprint density at radius 1 is 1.18 bits per heavy atom. The predicted octanol–water partition coefficient (Wildman–Crippen LogP) is 3.94. The first-order chi connectivity index (χ1) is 10.5. The molecule has 1 aromatic carbocycles. The van der Waals surface area contributed by atoms with Crippen molar-refractivity contribution < 1.29 is 22.6 Å². The van der Waals surface area contributed by atoms with E-state index >= 15 is 0 Å². The van der Waals surface area contributed by atoms with E-state index < -0.39 is 11.1 Å². The minimum atomic E-state index is -4.35. The normalized spacial score (nSPS) is 14.5. The fraction of sp³-hybridized carbons (Fsp3) is 0.357. The standard InChI is InChI=1S/C14H13F3N2O2S/c15-14(16,17)12-8-19-13(22-12)18-7-9-2-3-10-11(6-9)21-5-1-4-20-10/h2-3,6,8H,1,4-5,7H2,(H,18,19). The van der Waals surface area contributed by atoms with Crippen LogP contribution in [-0.4, -0.2) is 18.2 Å². The Morgan fingerprint density at radius 3 is 2.68 bits per heavy atom. The molecule has 2 aromatic rings. The van der Waals surface area contributed by atoms with Gasteiger partial charge < -0.3 is 14.8 Å². The van der Waals surface area contributed by atoms with Crippen LogP contribution < -0.4 is 14.8 Å². The SMILES string of the molecule is FC(F)(F)c1cnc(NCc2ccc3c(c2)OCCCO3)s1. The van der Waals surface area contributed by atoms with Crippen LogP contribution in [0.1, 0.15) is 16.9 Å². The van der Waals surface area contributed by atoms with Gasteiger partial charge in [0.25, 0.3) is 0 Å². The van der Waals surface area contributed by atoms with Crippen LogP contribution in [0, 0.1) is 0 Å². The number of hydrogen-bond acceptors (Lipinski definition) is 5. The average molecular weight is 330 g/mol. The smallest absolute Gasteiger partial charge is 0.427 e. The largest absolute Gasteiger partial charge is 0.490 e. The van der Waals surface area contributed by atoms with E-state index in [1.165, 1.54) is 0 Å². The predicted molar refractivity (Wildman–Crippen MR) is 76.5 cm³/mol. The summed E-state index contributed by atoms with van der Waals surface area (Å²) in [5, 5.41) is 3.12. The average Bonchev–Trinajstić information content (AvgIpc) is 2.84. The molecule has 3 rings (SSSR count). The van der Waals surface area contributed by atoms with Gasteiger partial charge in [0.05, 0.1) is 19.4 Å². The van der Waals surface area contributed by atoms with E-state index in [4.69, 9.17) is 9.47 Å². The second kappa shape index (κ2) is 6.04. The monoisotopic (exact) mass is 330 g/mol. The number of thiazole rings is 1. The molecule has 22 heavy (non-hydrogen) atoms. The lowest BCUT2D eigenvalue weighted by atomic mass is 10.2. The molecule has 2 heterocycles. The quantitative estimate of drug-likeness (QED) is 0.926. The Bertz CT molecular complexity index is 658. The van der Waals surface area contributed by atoms with Crippen molar-refractivity contribution >= 4 is 16.5 Å². The summed E-state index contributed by atoms with van der Waals surface area (Å²) in [5.41, 5.74) is 0.882. The molecule has 0 aliphatic carbocycles. The molecule has 8 heteroatoms. The van der Waals surface area contributed by atoms with E-state index in [9.17, 15) is 13.2 Å². The lowest BCUT2D eigenvalue weighted by molar-refractivity contribution is -0.134. The van der Waals surface area contributed by atoms with Crippen LogP contribution in [0.2, 0.25) is 0 Å². The molecule has 1 aliphatic rings. The number of alkyl halides is 3. The van der Waals surface area contributed by atoms with Gasteiger partial charge in [-0.1, -0.05) is 17.4 Å². The number of rotatable bonds is 3. The van der Waals surface area contributed by atoms with E-state index in [-0.39, 0.29) is 5.13 Å². The summed E-state index contributed by atoms with van der Waals surface area (Å²) in [5.74, 6) is 1.35. The van der Waals surface area contributed by atoms with Gasteiger partial charge >= 0.3 is 6.18 Å². The van der Waals surface area contributed by atoms with E-state index in [2.05, 4.69) is 10.3 Å². The summed E-state index contributed by atoms with van der Waals surface area (Å²) in [4.78, 5) is 3.02. The summed E-state index contributed by atoms with van der Waals surface area (Å²) >= 11 is 0.588. The van der Waals surface area contributed by atoms with Gasteiger partial charge in [-0.15, -0.1) is 0 Å². The van der Waals surface area contributed by atoms with Gasteiger partial charge in [0.1, 0.15) is 4.88 Å². The number of halogens is 3. The van der Waals surface area contributed by atoms with Crippen LogP contribution in [0.25, 0.3) is 0 Å². The van der Waals surface area contributed by atoms with Crippen molar-refractivity contribution in [3.63, 3.8) is 0 Å². The number of nitrogens with zero attached hydrogens (tertiary/aromatic N) is 1. The highest BCUT2D eigenvalue weighted by molar-refractivity contribution is 7.15. The minimum absolute atomic E-state index is 0.236. The zero-order valence-corrected chi connectivity index (χ0v) is 12.3. The van der Waals surface area contributed by atoms with Gasteiger partial charge in [-0.05, 0) is 17.7 Å². The Morgan fingerprint density at radius 2 is 1.95 bits per heavy atom. The molecule has 0 radical (unpaired) electrons. The van der Waals surface area contributed by atoms with Crippen LogP contribution in [0.3, 0.4) is 0 Å². The molecular formula is C14H13F3N2O2S. The molecule has 1 aromatic heterocycles. The summed E-state index contributed by atoms with van der Waals surface area (Å²) in [6.45, 7) is 1.57. The van der Waals surface area contributed by atoms with Gasteiger partial charge in [0, 0.05) is 13.0 Å². The third kappa shape index (κ3) is 3.44. The third-order valence-electron chi connectivity index (χ3n) is 3.04. The van der Waals surface area contributed by atoms with Crippen LogP contribution >= 0.6 is 11.3 Å². The summed E-state index contributed by atoms with van der Waals surface area (Å²) in [7, 11) is 0. The zero-order chi connectivity index (χ0) is 15.6. The van der Waals surface area contributed by atoms with Crippen LogP contribution in [-0.2, 0) is 12.7 Å². The maximum absolute atomic E-state index is 12.5. The molecule has 0 amide bonds. The zero-order valence-electron chi connectivity index (χ0n) is 11.4. The van der Waals surface area contributed by atoms with Gasteiger partial charge in [-0.3, -0.25) is 0 Å². The number of ether oxygens (including phenoxy) is 2. The van der Waals surface area contributed by atoms with Crippen molar-refractivity contribution in [2.45, 2.75) is 19.1 Å². The summed E-state index contributed by atoms with van der Waals surface area (Å²) in [6.07, 6.45) is -2.70. The molecule has 0 atom stereocenters. The van der Waals surface area contributed by atoms with Gasteiger partial charge in [0.15, 0.2) is 16.6 Å². The van der Waals surface area contributed by atoms with Crippen molar-refractivity contribution in [1.82, 2.24) is 4.98 Å². The molecule has 0 saturated carbocycles. The molecule has 4 nitrogen and oxygen atoms in total. The molecule has 0 bridgehead atoms. The van der Waals surface area contributed by atoms with Crippen molar-refractivity contribution in [2.24, 2.45) is 0 Å². The fourth-order valence-electron chi connectivity index (χ4n) is 1.98. The van der Waals surface area contributed by atoms with E-state index in [1.54, 1.807) is 6.07 Å². The van der Waals surface area contributed by atoms with Gasteiger partial charge in [-0.2, -0.15) is 13.2 Å². The minimum Gasteiger partial charge on any atom is -0.490 e. The van der Waals surface area contributed by atoms with Crippen LogP contribution in [0.4, 0.5) is 18.3 Å². The third-order valence-corrected chi connectivity index (χ3v) is 4.04. The number of benzene rings is 1. The van der Waals surface area contributed by atoms with E-state index in [0.29, 0.717) is 42.6 Å². The summed E-state index contributed by atoms with van der Waals surface area (Å²) in [6, 6.07) is 5.48.